The van der Waals surface area contributed by atoms with Crippen molar-refractivity contribution in [3.63, 3.8) is 0 Å². The van der Waals surface area contributed by atoms with Gasteiger partial charge < -0.3 is 14.7 Å². The zero-order valence-electron chi connectivity index (χ0n) is 11.5. The SMILES string of the molecule is COc1ccccc1CC(=O)N1CCCC1CC(=O)O. The van der Waals surface area contributed by atoms with Gasteiger partial charge in [-0.2, -0.15) is 0 Å². The average molecular weight is 277 g/mol. The average Bonchev–Trinajstić information content (AvgIpc) is 2.86. The van der Waals surface area contributed by atoms with E-state index in [4.69, 9.17) is 9.84 Å². The molecular weight excluding hydrogens is 258 g/mol. The molecule has 1 aliphatic rings. The minimum atomic E-state index is -0.855. The number of carboxylic acids is 1. The van der Waals surface area contributed by atoms with E-state index in [2.05, 4.69) is 0 Å². The molecule has 5 nitrogen and oxygen atoms in total. The number of rotatable bonds is 5. The lowest BCUT2D eigenvalue weighted by molar-refractivity contribution is -0.139. The Morgan fingerprint density at radius 1 is 1.40 bits per heavy atom. The normalized spacial score (nSPS) is 18.1. The van der Waals surface area contributed by atoms with Gasteiger partial charge in [-0.1, -0.05) is 18.2 Å². The minimum Gasteiger partial charge on any atom is -0.496 e. The number of aliphatic carboxylic acids is 1. The summed E-state index contributed by atoms with van der Waals surface area (Å²) < 4.78 is 5.24. The first kappa shape index (κ1) is 14.4. The van der Waals surface area contributed by atoms with Gasteiger partial charge in [0.15, 0.2) is 0 Å². The van der Waals surface area contributed by atoms with Crippen LogP contribution in [0.4, 0.5) is 0 Å². The van der Waals surface area contributed by atoms with Crippen LogP contribution in [0.3, 0.4) is 0 Å². The highest BCUT2D eigenvalue weighted by Gasteiger charge is 2.30. The molecule has 0 aliphatic carbocycles. The molecule has 1 unspecified atom stereocenters. The highest BCUT2D eigenvalue weighted by Crippen LogP contribution is 2.23. The van der Waals surface area contributed by atoms with Crippen molar-refractivity contribution < 1.29 is 19.4 Å². The number of likely N-dealkylation sites (tertiary alicyclic amines) is 1. The van der Waals surface area contributed by atoms with E-state index in [0.717, 1.165) is 18.4 Å². The van der Waals surface area contributed by atoms with E-state index in [1.165, 1.54) is 0 Å². The van der Waals surface area contributed by atoms with Crippen LogP contribution < -0.4 is 4.74 Å². The Balaban J connectivity index is 2.05. The molecule has 1 aromatic carbocycles. The Labute approximate surface area is 118 Å². The van der Waals surface area contributed by atoms with Crippen LogP contribution in [0.2, 0.25) is 0 Å². The predicted molar refractivity (Wildman–Crippen MR) is 73.7 cm³/mol. The van der Waals surface area contributed by atoms with Crippen LogP contribution in [0.1, 0.15) is 24.8 Å². The number of hydrogen-bond acceptors (Lipinski definition) is 3. The molecular formula is C15H19NO4. The molecule has 0 bridgehead atoms. The number of ether oxygens (including phenoxy) is 1. The first-order valence-electron chi connectivity index (χ1n) is 6.75. The van der Waals surface area contributed by atoms with Gasteiger partial charge in [-0.3, -0.25) is 9.59 Å². The fourth-order valence-corrected chi connectivity index (χ4v) is 2.69. The number of nitrogens with zero attached hydrogens (tertiary/aromatic N) is 1. The molecule has 0 spiro atoms. The first-order valence-corrected chi connectivity index (χ1v) is 6.75. The summed E-state index contributed by atoms with van der Waals surface area (Å²) in [5.74, 6) is -0.194. The lowest BCUT2D eigenvalue weighted by Crippen LogP contribution is -2.37. The molecule has 0 aromatic heterocycles. The second-order valence-electron chi connectivity index (χ2n) is 4.97. The second-order valence-corrected chi connectivity index (χ2v) is 4.97. The number of para-hydroxylation sites is 1. The van der Waals surface area contributed by atoms with Gasteiger partial charge in [0.05, 0.1) is 20.0 Å². The summed E-state index contributed by atoms with van der Waals surface area (Å²) in [5, 5.41) is 8.89. The molecule has 1 aromatic rings. The van der Waals surface area contributed by atoms with Crippen LogP contribution >= 0.6 is 0 Å². The maximum Gasteiger partial charge on any atom is 0.305 e. The quantitative estimate of drug-likeness (QED) is 0.889. The smallest absolute Gasteiger partial charge is 0.305 e. The first-order chi connectivity index (χ1) is 9.61. The lowest BCUT2D eigenvalue weighted by atomic mass is 10.1. The van der Waals surface area contributed by atoms with Gasteiger partial charge in [-0.15, -0.1) is 0 Å². The summed E-state index contributed by atoms with van der Waals surface area (Å²) >= 11 is 0. The zero-order chi connectivity index (χ0) is 14.5. The van der Waals surface area contributed by atoms with Gasteiger partial charge in [0.25, 0.3) is 0 Å². The monoisotopic (exact) mass is 277 g/mol. The van der Waals surface area contributed by atoms with E-state index in [1.54, 1.807) is 12.0 Å². The van der Waals surface area contributed by atoms with Crippen LogP contribution in [-0.4, -0.2) is 41.6 Å². The lowest BCUT2D eigenvalue weighted by Gasteiger charge is -2.23. The maximum absolute atomic E-state index is 12.4. The number of hydrogen-bond donors (Lipinski definition) is 1. The van der Waals surface area contributed by atoms with Crippen LogP contribution in [0.15, 0.2) is 24.3 Å². The predicted octanol–water partition coefficient (Wildman–Crippen LogP) is 1.70. The van der Waals surface area contributed by atoms with Gasteiger partial charge in [-0.05, 0) is 18.9 Å². The van der Waals surface area contributed by atoms with Crippen molar-refractivity contribution >= 4 is 11.9 Å². The van der Waals surface area contributed by atoms with E-state index in [1.807, 2.05) is 24.3 Å². The molecule has 2 rings (SSSR count). The standard InChI is InChI=1S/C15H19NO4/c1-20-13-7-3-2-5-11(13)9-14(17)16-8-4-6-12(16)10-15(18)19/h2-3,5,7,12H,4,6,8-10H2,1H3,(H,18,19). The molecule has 1 N–H and O–H groups in total. The molecule has 1 saturated heterocycles. The Kier molecular flexibility index (Phi) is 4.61. The van der Waals surface area contributed by atoms with Crippen molar-refractivity contribution in [3.8, 4) is 5.75 Å². The highest BCUT2D eigenvalue weighted by molar-refractivity contribution is 5.81. The molecule has 108 valence electrons. The van der Waals surface area contributed by atoms with Crippen LogP contribution in [-0.2, 0) is 16.0 Å². The molecule has 5 heteroatoms. The highest BCUT2D eigenvalue weighted by atomic mass is 16.5. The second kappa shape index (κ2) is 6.41. The maximum atomic E-state index is 12.4. The molecule has 1 atom stereocenters. The van der Waals surface area contributed by atoms with Gasteiger partial charge in [0.2, 0.25) is 5.91 Å². The van der Waals surface area contributed by atoms with Crippen LogP contribution in [0, 0.1) is 0 Å². The summed E-state index contributed by atoms with van der Waals surface area (Å²) in [7, 11) is 1.58. The summed E-state index contributed by atoms with van der Waals surface area (Å²) in [4.78, 5) is 24.9. The third kappa shape index (κ3) is 3.29. The Morgan fingerprint density at radius 3 is 2.85 bits per heavy atom. The van der Waals surface area contributed by atoms with Crippen molar-refractivity contribution in [2.75, 3.05) is 13.7 Å². The Morgan fingerprint density at radius 2 is 2.15 bits per heavy atom. The van der Waals surface area contributed by atoms with Gasteiger partial charge in [0.1, 0.15) is 5.75 Å². The molecule has 20 heavy (non-hydrogen) atoms. The molecule has 1 fully saturated rings. The molecule has 0 radical (unpaired) electrons. The molecule has 1 amide bonds. The van der Waals surface area contributed by atoms with Crippen molar-refractivity contribution in [1.29, 1.82) is 0 Å². The van der Waals surface area contributed by atoms with Crippen molar-refractivity contribution in [1.82, 2.24) is 4.90 Å². The summed E-state index contributed by atoms with van der Waals surface area (Å²) in [5.41, 5.74) is 0.834. The Hall–Kier alpha value is -2.04. The van der Waals surface area contributed by atoms with E-state index in [-0.39, 0.29) is 24.8 Å². The number of methoxy groups -OCH3 is 1. The number of carboxylic acid groups (broad SMARTS) is 1. The third-order valence-corrected chi connectivity index (χ3v) is 3.64. The zero-order valence-corrected chi connectivity index (χ0v) is 11.5. The topological polar surface area (TPSA) is 66.8 Å². The number of amides is 1. The fraction of sp³-hybridized carbons (Fsp3) is 0.467. The van der Waals surface area contributed by atoms with E-state index >= 15 is 0 Å². The van der Waals surface area contributed by atoms with E-state index in [0.29, 0.717) is 12.3 Å². The largest absolute Gasteiger partial charge is 0.496 e. The van der Waals surface area contributed by atoms with Crippen molar-refractivity contribution in [2.24, 2.45) is 0 Å². The summed E-state index contributed by atoms with van der Waals surface area (Å²) in [6, 6.07) is 7.23. The Bertz CT molecular complexity index is 500. The number of carbonyl (C=O) groups is 2. The van der Waals surface area contributed by atoms with Gasteiger partial charge in [0, 0.05) is 18.2 Å². The van der Waals surface area contributed by atoms with E-state index in [9.17, 15) is 9.59 Å². The number of carbonyl (C=O) groups excluding carboxylic acids is 1. The van der Waals surface area contributed by atoms with Crippen molar-refractivity contribution in [2.45, 2.75) is 31.7 Å². The fourth-order valence-electron chi connectivity index (χ4n) is 2.69. The third-order valence-electron chi connectivity index (χ3n) is 3.64. The van der Waals surface area contributed by atoms with Gasteiger partial charge >= 0.3 is 5.97 Å². The van der Waals surface area contributed by atoms with Crippen LogP contribution in [0.25, 0.3) is 0 Å². The summed E-state index contributed by atoms with van der Waals surface area (Å²) in [6.45, 7) is 0.645. The van der Waals surface area contributed by atoms with Crippen LogP contribution in [0.5, 0.6) is 5.75 Å². The number of benzene rings is 1. The minimum absolute atomic E-state index is 0.0255. The van der Waals surface area contributed by atoms with Gasteiger partial charge in [-0.25, -0.2) is 0 Å². The molecule has 1 aliphatic heterocycles. The van der Waals surface area contributed by atoms with Crippen molar-refractivity contribution in [3.05, 3.63) is 29.8 Å². The summed E-state index contributed by atoms with van der Waals surface area (Å²) in [6.07, 6.45) is 1.91. The van der Waals surface area contributed by atoms with E-state index < -0.39 is 5.97 Å². The molecule has 0 saturated carbocycles. The molecule has 1 heterocycles.